The van der Waals surface area contributed by atoms with E-state index in [1.54, 1.807) is 30.4 Å². The monoisotopic (exact) mass is 318 g/mol. The van der Waals surface area contributed by atoms with Crippen molar-refractivity contribution in [1.82, 2.24) is 24.6 Å². The number of β-amino-alcohol motifs (C(OH)–C–C–N with tert-alkyl or cyclic N) is 1. The Morgan fingerprint density at radius 2 is 2.04 bits per heavy atom. The standard InChI is InChI=1S/C15H22N6O2/c1-23-15-10-16-9-14(18-15)20-7-5-19(6-8-20)11-13(22)12-21-4-2-3-17-21/h2-4,9-10,13,22H,5-8,11-12H2,1H3. The number of methoxy groups -OCH3 is 1. The summed E-state index contributed by atoms with van der Waals surface area (Å²) in [6, 6.07) is 1.86. The van der Waals surface area contributed by atoms with Crippen molar-refractivity contribution < 1.29 is 9.84 Å². The number of ether oxygens (including phenoxy) is 1. The number of aromatic nitrogens is 4. The van der Waals surface area contributed by atoms with Crippen LogP contribution in [0, 0.1) is 0 Å². The van der Waals surface area contributed by atoms with Crippen LogP contribution in [-0.2, 0) is 6.54 Å². The van der Waals surface area contributed by atoms with Crippen molar-refractivity contribution in [2.45, 2.75) is 12.6 Å². The van der Waals surface area contributed by atoms with Gasteiger partial charge in [-0.05, 0) is 6.07 Å². The van der Waals surface area contributed by atoms with Crippen LogP contribution in [0.3, 0.4) is 0 Å². The van der Waals surface area contributed by atoms with Crippen LogP contribution in [0.5, 0.6) is 5.88 Å². The molecular formula is C15H22N6O2. The molecule has 1 saturated heterocycles. The van der Waals surface area contributed by atoms with Crippen LogP contribution >= 0.6 is 0 Å². The SMILES string of the molecule is COc1cncc(N2CCN(CC(O)Cn3cccn3)CC2)n1. The first-order chi connectivity index (χ1) is 11.2. The number of hydrogen-bond donors (Lipinski definition) is 1. The molecule has 124 valence electrons. The molecule has 3 rings (SSSR count). The van der Waals surface area contributed by atoms with Crippen molar-refractivity contribution in [3.05, 3.63) is 30.9 Å². The summed E-state index contributed by atoms with van der Waals surface area (Å²) in [6.45, 7) is 4.66. The molecular weight excluding hydrogens is 296 g/mol. The molecule has 1 N–H and O–H groups in total. The zero-order chi connectivity index (χ0) is 16.1. The molecule has 0 saturated carbocycles. The number of hydrogen-bond acceptors (Lipinski definition) is 7. The van der Waals surface area contributed by atoms with Crippen molar-refractivity contribution >= 4 is 5.82 Å². The summed E-state index contributed by atoms with van der Waals surface area (Å²) in [6.07, 6.45) is 6.53. The lowest BCUT2D eigenvalue weighted by Crippen LogP contribution is -2.49. The van der Waals surface area contributed by atoms with Gasteiger partial charge in [-0.3, -0.25) is 14.6 Å². The van der Waals surface area contributed by atoms with E-state index in [1.807, 2.05) is 12.3 Å². The Kier molecular flexibility index (Phi) is 5.04. The van der Waals surface area contributed by atoms with E-state index in [2.05, 4.69) is 24.9 Å². The van der Waals surface area contributed by atoms with E-state index in [9.17, 15) is 5.11 Å². The number of anilines is 1. The van der Waals surface area contributed by atoms with Gasteiger partial charge >= 0.3 is 0 Å². The second kappa shape index (κ2) is 7.38. The fourth-order valence-corrected chi connectivity index (χ4v) is 2.73. The molecule has 1 aliphatic heterocycles. The average Bonchev–Trinajstić information content (AvgIpc) is 3.08. The molecule has 0 aliphatic carbocycles. The molecule has 1 fully saturated rings. The average molecular weight is 318 g/mol. The quantitative estimate of drug-likeness (QED) is 0.794. The van der Waals surface area contributed by atoms with Crippen LogP contribution in [-0.4, -0.2) is 75.7 Å². The predicted octanol–water partition coefficient (Wildman–Crippen LogP) is -0.135. The largest absolute Gasteiger partial charge is 0.480 e. The zero-order valence-electron chi connectivity index (χ0n) is 13.2. The lowest BCUT2D eigenvalue weighted by molar-refractivity contribution is 0.0920. The summed E-state index contributed by atoms with van der Waals surface area (Å²) in [5.41, 5.74) is 0. The van der Waals surface area contributed by atoms with Gasteiger partial charge in [0.1, 0.15) is 0 Å². The summed E-state index contributed by atoms with van der Waals surface area (Å²) in [5, 5.41) is 14.3. The van der Waals surface area contributed by atoms with Gasteiger partial charge in [-0.15, -0.1) is 0 Å². The molecule has 0 radical (unpaired) electrons. The van der Waals surface area contributed by atoms with Crippen LogP contribution < -0.4 is 9.64 Å². The Hall–Kier alpha value is -2.19. The normalized spacial score (nSPS) is 17.2. The maximum absolute atomic E-state index is 10.2. The van der Waals surface area contributed by atoms with Gasteiger partial charge in [0.25, 0.3) is 0 Å². The number of aliphatic hydroxyl groups excluding tert-OH is 1. The highest BCUT2D eigenvalue weighted by atomic mass is 16.5. The van der Waals surface area contributed by atoms with Gasteiger partial charge in [-0.25, -0.2) is 0 Å². The molecule has 1 aliphatic rings. The number of piperazine rings is 1. The summed E-state index contributed by atoms with van der Waals surface area (Å²) in [7, 11) is 1.59. The van der Waals surface area contributed by atoms with Crippen molar-refractivity contribution in [2.75, 3.05) is 44.7 Å². The van der Waals surface area contributed by atoms with Gasteiger partial charge in [-0.1, -0.05) is 0 Å². The lowest BCUT2D eigenvalue weighted by Gasteiger charge is -2.36. The third-order valence-corrected chi connectivity index (χ3v) is 3.93. The minimum atomic E-state index is -0.418. The molecule has 2 aromatic heterocycles. The van der Waals surface area contributed by atoms with E-state index in [1.165, 1.54) is 0 Å². The number of aliphatic hydroxyl groups is 1. The molecule has 3 heterocycles. The van der Waals surface area contributed by atoms with E-state index in [4.69, 9.17) is 4.74 Å². The lowest BCUT2D eigenvalue weighted by atomic mass is 10.2. The van der Waals surface area contributed by atoms with Gasteiger partial charge in [-0.2, -0.15) is 10.1 Å². The first-order valence-electron chi connectivity index (χ1n) is 7.73. The van der Waals surface area contributed by atoms with Crippen molar-refractivity contribution in [2.24, 2.45) is 0 Å². The Morgan fingerprint density at radius 1 is 1.22 bits per heavy atom. The van der Waals surface area contributed by atoms with Crippen molar-refractivity contribution in [3.63, 3.8) is 0 Å². The molecule has 1 atom stereocenters. The number of nitrogens with zero attached hydrogens (tertiary/aromatic N) is 6. The van der Waals surface area contributed by atoms with Crippen molar-refractivity contribution in [3.8, 4) is 5.88 Å². The Balaban J connectivity index is 1.48. The third-order valence-electron chi connectivity index (χ3n) is 3.93. The Morgan fingerprint density at radius 3 is 2.74 bits per heavy atom. The molecule has 0 amide bonds. The Labute approximate surface area is 135 Å². The molecule has 1 unspecified atom stereocenters. The fraction of sp³-hybridized carbons (Fsp3) is 0.533. The predicted molar refractivity (Wildman–Crippen MR) is 85.5 cm³/mol. The van der Waals surface area contributed by atoms with Crippen LogP contribution in [0.15, 0.2) is 30.9 Å². The molecule has 2 aromatic rings. The smallest absolute Gasteiger partial charge is 0.233 e. The highest BCUT2D eigenvalue weighted by Crippen LogP contribution is 2.15. The van der Waals surface area contributed by atoms with Crippen molar-refractivity contribution in [1.29, 1.82) is 0 Å². The molecule has 0 aromatic carbocycles. The van der Waals surface area contributed by atoms with E-state index in [0.717, 1.165) is 32.0 Å². The van der Waals surface area contributed by atoms with Gasteiger partial charge in [0.2, 0.25) is 5.88 Å². The maximum Gasteiger partial charge on any atom is 0.233 e. The summed E-state index contributed by atoms with van der Waals surface area (Å²) in [4.78, 5) is 13.0. The van der Waals surface area contributed by atoms with E-state index < -0.39 is 6.10 Å². The molecule has 0 bridgehead atoms. The Bertz CT molecular complexity index is 598. The first kappa shape index (κ1) is 15.7. The molecule has 0 spiro atoms. The van der Waals surface area contributed by atoms with E-state index in [-0.39, 0.29) is 0 Å². The summed E-state index contributed by atoms with van der Waals surface area (Å²) < 4.78 is 6.87. The summed E-state index contributed by atoms with van der Waals surface area (Å²) >= 11 is 0. The molecule has 23 heavy (non-hydrogen) atoms. The van der Waals surface area contributed by atoms with Crippen LogP contribution in [0.1, 0.15) is 0 Å². The second-order valence-electron chi connectivity index (χ2n) is 5.59. The number of rotatable bonds is 6. The van der Waals surface area contributed by atoms with E-state index >= 15 is 0 Å². The van der Waals surface area contributed by atoms with E-state index in [0.29, 0.717) is 19.0 Å². The van der Waals surface area contributed by atoms with Crippen LogP contribution in [0.2, 0.25) is 0 Å². The molecule has 8 nitrogen and oxygen atoms in total. The van der Waals surface area contributed by atoms with Gasteiger partial charge in [0.15, 0.2) is 5.82 Å². The van der Waals surface area contributed by atoms with Gasteiger partial charge < -0.3 is 14.7 Å². The minimum absolute atomic E-state index is 0.418. The zero-order valence-corrected chi connectivity index (χ0v) is 13.2. The van der Waals surface area contributed by atoms with Gasteiger partial charge in [0.05, 0.1) is 32.2 Å². The third kappa shape index (κ3) is 4.17. The minimum Gasteiger partial charge on any atom is -0.480 e. The fourth-order valence-electron chi connectivity index (χ4n) is 2.73. The topological polar surface area (TPSA) is 79.5 Å². The molecule has 8 heteroatoms. The second-order valence-corrected chi connectivity index (χ2v) is 5.59. The van der Waals surface area contributed by atoms with Crippen LogP contribution in [0.25, 0.3) is 0 Å². The van der Waals surface area contributed by atoms with Crippen LogP contribution in [0.4, 0.5) is 5.82 Å². The van der Waals surface area contributed by atoms with Gasteiger partial charge in [0, 0.05) is 45.1 Å². The summed E-state index contributed by atoms with van der Waals surface area (Å²) in [5.74, 6) is 1.36. The first-order valence-corrected chi connectivity index (χ1v) is 7.73. The highest BCUT2D eigenvalue weighted by Gasteiger charge is 2.20. The highest BCUT2D eigenvalue weighted by molar-refractivity contribution is 5.38. The maximum atomic E-state index is 10.2.